The third-order valence-electron chi connectivity index (χ3n) is 12.9. The summed E-state index contributed by atoms with van der Waals surface area (Å²) in [7, 11) is 64.8. The monoisotopic (exact) mass is 829 g/mol. The van der Waals surface area contributed by atoms with Crippen molar-refractivity contribution in [1.29, 1.82) is 0 Å². The molecule has 0 saturated carbocycles. The van der Waals surface area contributed by atoms with E-state index in [9.17, 15) is 0 Å². The molecule has 16 heteroatoms. The molecule has 12 aromatic rings. The van der Waals surface area contributed by atoms with Crippen LogP contribution in [-0.2, 0) is 0 Å². The zero-order valence-corrected chi connectivity index (χ0v) is 35.5. The molecule has 0 bridgehead atoms. The van der Waals surface area contributed by atoms with Crippen LogP contribution in [0, 0.1) is 0 Å². The van der Waals surface area contributed by atoms with Gasteiger partial charge in [0.2, 0.25) is 5.95 Å². The van der Waals surface area contributed by atoms with Crippen LogP contribution in [0.2, 0.25) is 0 Å². The van der Waals surface area contributed by atoms with E-state index >= 15 is 0 Å². The third kappa shape index (κ3) is 5.94. The zero-order chi connectivity index (χ0) is 46.2. The van der Waals surface area contributed by atoms with Gasteiger partial charge in [-0.25, -0.2) is 4.98 Å². The molecule has 4 aromatic heterocycles. The number of furan rings is 1. The second-order valence-electron chi connectivity index (χ2n) is 16.6. The summed E-state index contributed by atoms with van der Waals surface area (Å²) < 4.78 is 10.9. The van der Waals surface area contributed by atoms with Crippen LogP contribution >= 0.6 is 0 Å². The van der Waals surface area contributed by atoms with Crippen LogP contribution in [0.15, 0.2) is 132 Å². The van der Waals surface area contributed by atoms with Crippen molar-refractivity contribution in [3.63, 3.8) is 0 Å². The van der Waals surface area contributed by atoms with Crippen molar-refractivity contribution in [1.82, 2.24) is 24.1 Å². The summed E-state index contributed by atoms with van der Waals surface area (Å²) in [5.41, 5.74) is 8.38. The van der Waals surface area contributed by atoms with Crippen LogP contribution in [0.1, 0.15) is 0 Å². The van der Waals surface area contributed by atoms with Gasteiger partial charge in [0.25, 0.3) is 0 Å². The van der Waals surface area contributed by atoms with Crippen molar-refractivity contribution in [3.8, 4) is 45.5 Å². The van der Waals surface area contributed by atoms with E-state index in [1.807, 2.05) is 59.2 Å². The second-order valence-corrected chi connectivity index (χ2v) is 16.6. The molecule has 0 aliphatic rings. The van der Waals surface area contributed by atoms with Crippen molar-refractivity contribution in [2.24, 2.45) is 0 Å². The smallest absolute Gasteiger partial charge is 0.238 e. The molecule has 0 amide bonds. The first-order valence-electron chi connectivity index (χ1n) is 21.2. The van der Waals surface area contributed by atoms with Gasteiger partial charge in [0.15, 0.2) is 11.6 Å². The minimum absolute atomic E-state index is 0.00336. The lowest BCUT2D eigenvalue weighted by atomic mass is 9.60. The number of fused-ring (bicyclic) bond motifs is 10. The number of hydrogen-bond acceptors (Lipinski definition) is 4. The van der Waals surface area contributed by atoms with Gasteiger partial charge >= 0.3 is 0 Å². The largest absolute Gasteiger partial charge is 0.455 e. The van der Waals surface area contributed by atoms with Gasteiger partial charge in [-0.05, 0) is 42.0 Å². The highest BCUT2D eigenvalue weighted by Crippen LogP contribution is 2.44. The third-order valence-corrected chi connectivity index (χ3v) is 12.9. The van der Waals surface area contributed by atoms with Gasteiger partial charge in [-0.2, -0.15) is 9.97 Å². The summed E-state index contributed by atoms with van der Waals surface area (Å²) in [6.45, 7) is 0. The summed E-state index contributed by atoms with van der Waals surface area (Å²) in [4.78, 5) is 15.0. The maximum atomic E-state index is 6.67. The molecule has 67 heavy (non-hydrogen) atoms. The minimum Gasteiger partial charge on any atom is -0.455 e. The van der Waals surface area contributed by atoms with Gasteiger partial charge in [0.05, 0.1) is 22.1 Å². The summed E-state index contributed by atoms with van der Waals surface area (Å²) in [6.07, 6.45) is 0. The highest BCUT2D eigenvalue weighted by atomic mass is 16.3. The maximum absolute atomic E-state index is 6.67. The lowest BCUT2D eigenvalue weighted by molar-refractivity contribution is 0.670. The Morgan fingerprint density at radius 1 is 0.388 bits per heavy atom. The van der Waals surface area contributed by atoms with Crippen LogP contribution in [0.25, 0.3) is 111 Å². The van der Waals surface area contributed by atoms with Gasteiger partial charge in [-0.15, -0.1) is 32.8 Å². The van der Waals surface area contributed by atoms with Crippen LogP contribution in [-0.4, -0.2) is 103 Å². The number of benzene rings is 8. The molecule has 0 unspecified atom stereocenters. The topological polar surface area (TPSA) is 61.7 Å². The van der Waals surface area contributed by atoms with Crippen LogP contribution in [0.5, 0.6) is 0 Å². The van der Waals surface area contributed by atoms with E-state index < -0.39 is 0 Å². The molecule has 20 radical (unpaired) electrons. The number of aromatic nitrogens is 5. The average molecular weight is 828 g/mol. The molecule has 0 aliphatic carbocycles. The van der Waals surface area contributed by atoms with E-state index in [1.165, 1.54) is 0 Å². The fourth-order valence-electron chi connectivity index (χ4n) is 9.63. The van der Waals surface area contributed by atoms with E-state index in [0.29, 0.717) is 0 Å². The predicted molar refractivity (Wildman–Crippen MR) is 286 cm³/mol. The first kappa shape index (κ1) is 41.3. The molecule has 0 N–H and O–H groups in total. The summed E-state index contributed by atoms with van der Waals surface area (Å²) in [5.74, 6) is 0.138. The van der Waals surface area contributed by atoms with Crippen LogP contribution in [0.4, 0.5) is 0 Å². The highest BCUT2D eigenvalue weighted by molar-refractivity contribution is 6.70. The Balaban J connectivity index is 1.22. The molecule has 0 spiro atoms. The maximum Gasteiger partial charge on any atom is 0.238 e. The molecule has 12 rings (SSSR count). The van der Waals surface area contributed by atoms with Gasteiger partial charge in [-0.3, -0.25) is 4.57 Å². The fourth-order valence-corrected chi connectivity index (χ4v) is 9.63. The normalized spacial score (nSPS) is 11.9. The van der Waals surface area contributed by atoms with Crippen molar-refractivity contribution in [2.45, 2.75) is 0 Å². The van der Waals surface area contributed by atoms with Crippen molar-refractivity contribution >= 4 is 199 Å². The summed E-state index contributed by atoms with van der Waals surface area (Å²) >= 11 is 0. The standard InChI is InChI=1S/C51H21B10N5O/c52-37-35(38(53)42(57)45(60)41(37)56)49-62-50(36-39(54)43(58)46(61)44(59)40(36)55)64-51(63-49)66-31-16-8-5-14-27(31)34-32(66)19-18-26-24-12-4-7-15-30(24)65(47(26)34)23-20-28(22-10-2-1-3-11-22)48-29(21-23)25-13-6-9-17-33(25)67-48/h1-21H. The van der Waals surface area contributed by atoms with E-state index in [-0.39, 0.29) is 83.4 Å². The SMILES string of the molecule is [B]c1c([B])c([B])c(-c2nc(-c3c([B])c([B])c([B])c([B])c3[B])nc(-n3c4ccccc4c4c3ccc3c5ccccc5n(-c5cc(-c6ccccc6)c6oc7ccccc7c6c5)c34)n2)c([B])c1[B]. The molecule has 0 atom stereocenters. The quantitative estimate of drug-likeness (QED) is 0.243. The number of hydrogen-bond donors (Lipinski definition) is 0. The summed E-state index contributed by atoms with van der Waals surface area (Å²) in [6, 6.07) is 43.4. The molecule has 4 heterocycles. The Labute approximate surface area is 398 Å². The van der Waals surface area contributed by atoms with E-state index in [1.54, 1.807) is 0 Å². The van der Waals surface area contributed by atoms with Crippen molar-refractivity contribution in [3.05, 3.63) is 127 Å². The Morgan fingerprint density at radius 3 is 1.51 bits per heavy atom. The van der Waals surface area contributed by atoms with E-state index in [2.05, 4.69) is 77.4 Å². The van der Waals surface area contributed by atoms with Crippen LogP contribution in [0.3, 0.4) is 0 Å². The first-order chi connectivity index (χ1) is 32.4. The second kappa shape index (κ2) is 15.2. The van der Waals surface area contributed by atoms with Gasteiger partial charge in [-0.1, -0.05) is 113 Å². The molecule has 6 nitrogen and oxygen atoms in total. The molecular formula is C51H21B10N5O. The Bertz CT molecular complexity index is 3980. The average Bonchev–Trinajstić information content (AvgIpc) is 4.02. The lowest BCUT2D eigenvalue weighted by Gasteiger charge is -2.23. The molecule has 0 aliphatic heterocycles. The van der Waals surface area contributed by atoms with Gasteiger partial charge in [0, 0.05) is 54.7 Å². The highest BCUT2D eigenvalue weighted by Gasteiger charge is 2.26. The molecule has 0 saturated heterocycles. The fraction of sp³-hybridized carbons (Fsp3) is 0. The van der Waals surface area contributed by atoms with Gasteiger partial charge in [0.1, 0.15) is 89.6 Å². The Kier molecular flexibility index (Phi) is 9.35. The molecule has 286 valence electrons. The number of rotatable bonds is 5. The Hall–Kier alpha value is -7.18. The summed E-state index contributed by atoms with van der Waals surface area (Å²) in [5, 5.41) is 5.93. The minimum atomic E-state index is -0.00336. The van der Waals surface area contributed by atoms with Crippen molar-refractivity contribution < 1.29 is 4.42 Å². The van der Waals surface area contributed by atoms with E-state index in [4.69, 9.17) is 97.8 Å². The van der Waals surface area contributed by atoms with Gasteiger partial charge < -0.3 is 8.98 Å². The molecular weight excluding hydrogens is 807 g/mol. The predicted octanol–water partition coefficient (Wildman–Crippen LogP) is 0.904. The number of para-hydroxylation sites is 3. The Morgan fingerprint density at radius 2 is 0.896 bits per heavy atom. The van der Waals surface area contributed by atoms with Crippen molar-refractivity contribution in [2.75, 3.05) is 0 Å². The number of nitrogens with zero attached hydrogens (tertiary/aromatic N) is 5. The lowest BCUT2D eigenvalue weighted by Crippen LogP contribution is -2.55. The first-order valence-corrected chi connectivity index (χ1v) is 21.2. The molecule has 0 fully saturated rings. The zero-order valence-electron chi connectivity index (χ0n) is 35.5. The van der Waals surface area contributed by atoms with E-state index in [0.717, 1.165) is 82.4 Å². The molecule has 8 aromatic carbocycles. The van der Waals surface area contributed by atoms with Crippen LogP contribution < -0.4 is 54.6 Å².